The third kappa shape index (κ3) is 7.37. The van der Waals surface area contributed by atoms with E-state index in [0.717, 1.165) is 12.2 Å². The minimum Gasteiger partial charge on any atom is -0.494 e. The molecule has 0 spiro atoms. The Labute approximate surface area is 161 Å². The first-order chi connectivity index (χ1) is 12.7. The van der Waals surface area contributed by atoms with Gasteiger partial charge in [0.15, 0.2) is 0 Å². The van der Waals surface area contributed by atoms with E-state index >= 15 is 0 Å². The highest BCUT2D eigenvalue weighted by molar-refractivity contribution is 5.75. The Morgan fingerprint density at radius 3 is 2.22 bits per heavy atom. The Kier molecular flexibility index (Phi) is 7.33. The van der Waals surface area contributed by atoms with Gasteiger partial charge in [-0.05, 0) is 46.2 Å². The zero-order valence-corrected chi connectivity index (χ0v) is 16.8. The normalized spacial score (nSPS) is 14.7. The second kappa shape index (κ2) is 9.48. The maximum Gasteiger partial charge on any atom is 0.410 e. The van der Waals surface area contributed by atoms with E-state index in [4.69, 9.17) is 9.47 Å². The highest BCUT2D eigenvalue weighted by Gasteiger charge is 2.27. The molecule has 150 valence electrons. The quantitative estimate of drug-likeness (QED) is 0.801. The first kappa shape index (κ1) is 20.9. The number of piperazine rings is 1. The van der Waals surface area contributed by atoms with Gasteiger partial charge in [0.1, 0.15) is 11.4 Å². The molecular weight excluding hydrogens is 346 g/mol. The summed E-state index contributed by atoms with van der Waals surface area (Å²) in [6.07, 6.45) is 0.410. The largest absolute Gasteiger partial charge is 0.494 e. The van der Waals surface area contributed by atoms with Gasteiger partial charge >= 0.3 is 12.1 Å². The average Bonchev–Trinajstić information content (AvgIpc) is 2.61. The van der Waals surface area contributed by atoms with E-state index in [0.29, 0.717) is 39.3 Å². The van der Waals surface area contributed by atoms with Gasteiger partial charge in [0.05, 0.1) is 6.61 Å². The van der Waals surface area contributed by atoms with Crippen LogP contribution in [0.3, 0.4) is 0 Å². The fourth-order valence-electron chi connectivity index (χ4n) is 2.62. The molecule has 1 fully saturated rings. The highest BCUT2D eigenvalue weighted by atomic mass is 16.6. The van der Waals surface area contributed by atoms with Crippen LogP contribution in [0, 0.1) is 6.92 Å². The van der Waals surface area contributed by atoms with Gasteiger partial charge in [-0.3, -0.25) is 0 Å². The van der Waals surface area contributed by atoms with E-state index < -0.39 is 5.60 Å². The lowest BCUT2D eigenvalue weighted by Gasteiger charge is -2.35. The molecule has 0 atom stereocenters. The van der Waals surface area contributed by atoms with E-state index in [2.05, 4.69) is 5.32 Å². The number of nitrogens with zero attached hydrogens (tertiary/aromatic N) is 2. The lowest BCUT2D eigenvalue weighted by Crippen LogP contribution is -2.54. The fourth-order valence-corrected chi connectivity index (χ4v) is 2.62. The van der Waals surface area contributed by atoms with Gasteiger partial charge in [0, 0.05) is 32.7 Å². The van der Waals surface area contributed by atoms with Gasteiger partial charge in [-0.1, -0.05) is 17.7 Å². The van der Waals surface area contributed by atoms with Crippen LogP contribution < -0.4 is 10.1 Å². The van der Waals surface area contributed by atoms with Crippen molar-refractivity contribution in [3.63, 3.8) is 0 Å². The second-order valence-corrected chi connectivity index (χ2v) is 7.70. The average molecular weight is 377 g/mol. The Morgan fingerprint density at radius 1 is 1.04 bits per heavy atom. The molecule has 0 aliphatic carbocycles. The van der Waals surface area contributed by atoms with Crippen molar-refractivity contribution in [2.75, 3.05) is 39.3 Å². The lowest BCUT2D eigenvalue weighted by atomic mass is 10.2. The number of carbonyl (C=O) groups excluding carboxylic acids is 2. The predicted octanol–water partition coefficient (Wildman–Crippen LogP) is 3.03. The molecule has 2 rings (SSSR count). The Balaban J connectivity index is 1.60. The first-order valence-corrected chi connectivity index (χ1v) is 9.45. The van der Waals surface area contributed by atoms with Crippen LogP contribution in [0.1, 0.15) is 32.8 Å². The third-order valence-corrected chi connectivity index (χ3v) is 4.11. The molecule has 7 heteroatoms. The van der Waals surface area contributed by atoms with Gasteiger partial charge in [0.25, 0.3) is 0 Å². The number of amides is 3. The molecule has 1 N–H and O–H groups in total. The SMILES string of the molecule is Cc1ccc(OCCCNC(=O)N2CCN(C(=O)OC(C)(C)C)CC2)cc1. The summed E-state index contributed by atoms with van der Waals surface area (Å²) in [6.45, 7) is 10.7. The van der Waals surface area contributed by atoms with E-state index in [-0.39, 0.29) is 12.1 Å². The van der Waals surface area contributed by atoms with Crippen LogP contribution in [0.5, 0.6) is 5.75 Å². The van der Waals surface area contributed by atoms with Crippen LogP contribution in [-0.4, -0.2) is 66.9 Å². The van der Waals surface area contributed by atoms with Crippen LogP contribution in [0.25, 0.3) is 0 Å². The van der Waals surface area contributed by atoms with Crippen molar-refractivity contribution in [1.29, 1.82) is 0 Å². The second-order valence-electron chi connectivity index (χ2n) is 7.70. The highest BCUT2D eigenvalue weighted by Crippen LogP contribution is 2.12. The molecule has 1 heterocycles. The zero-order valence-electron chi connectivity index (χ0n) is 16.8. The van der Waals surface area contributed by atoms with Crippen molar-refractivity contribution >= 4 is 12.1 Å². The molecule has 1 aromatic carbocycles. The monoisotopic (exact) mass is 377 g/mol. The summed E-state index contributed by atoms with van der Waals surface area (Å²) in [5.74, 6) is 0.838. The number of aryl methyl sites for hydroxylation is 1. The van der Waals surface area contributed by atoms with Gasteiger partial charge in [-0.2, -0.15) is 0 Å². The van der Waals surface area contributed by atoms with Crippen LogP contribution in [0.2, 0.25) is 0 Å². The maximum absolute atomic E-state index is 12.2. The third-order valence-electron chi connectivity index (χ3n) is 4.11. The summed E-state index contributed by atoms with van der Waals surface area (Å²) in [4.78, 5) is 27.6. The molecule has 0 unspecified atom stereocenters. The molecule has 1 aliphatic rings. The van der Waals surface area contributed by atoms with Gasteiger partial charge in [0.2, 0.25) is 0 Å². The molecule has 1 aliphatic heterocycles. The van der Waals surface area contributed by atoms with Crippen LogP contribution >= 0.6 is 0 Å². The number of urea groups is 1. The summed E-state index contributed by atoms with van der Waals surface area (Å²) >= 11 is 0. The zero-order chi connectivity index (χ0) is 19.9. The number of rotatable bonds is 5. The summed E-state index contributed by atoms with van der Waals surface area (Å²) in [7, 11) is 0. The van der Waals surface area contributed by atoms with Gasteiger partial charge < -0.3 is 24.6 Å². The Hall–Kier alpha value is -2.44. The van der Waals surface area contributed by atoms with Gasteiger partial charge in [-0.25, -0.2) is 9.59 Å². The number of nitrogens with one attached hydrogen (secondary N) is 1. The lowest BCUT2D eigenvalue weighted by molar-refractivity contribution is 0.0170. The first-order valence-electron chi connectivity index (χ1n) is 9.45. The van der Waals surface area contributed by atoms with Crippen LogP contribution in [0.4, 0.5) is 9.59 Å². The summed E-state index contributed by atoms with van der Waals surface area (Å²) < 4.78 is 11.0. The number of hydrogen-bond donors (Lipinski definition) is 1. The molecule has 1 aromatic rings. The summed E-state index contributed by atoms with van der Waals surface area (Å²) in [6, 6.07) is 7.80. The van der Waals surface area contributed by atoms with E-state index in [1.165, 1.54) is 5.56 Å². The smallest absolute Gasteiger partial charge is 0.410 e. The van der Waals surface area contributed by atoms with Crippen LogP contribution in [-0.2, 0) is 4.74 Å². The van der Waals surface area contributed by atoms with Crippen molar-refractivity contribution in [2.45, 2.75) is 39.7 Å². The van der Waals surface area contributed by atoms with Crippen molar-refractivity contribution < 1.29 is 19.1 Å². The molecule has 7 nitrogen and oxygen atoms in total. The van der Waals surface area contributed by atoms with E-state index in [1.54, 1.807) is 9.80 Å². The predicted molar refractivity (Wildman–Crippen MR) is 104 cm³/mol. The topological polar surface area (TPSA) is 71.1 Å². The minimum absolute atomic E-state index is 0.103. The molecule has 27 heavy (non-hydrogen) atoms. The standard InChI is InChI=1S/C20H31N3O4/c1-16-6-8-17(9-7-16)26-15-5-10-21-18(24)22-11-13-23(14-12-22)19(25)27-20(2,3)4/h6-9H,5,10-15H2,1-4H3,(H,21,24). The molecule has 0 radical (unpaired) electrons. The maximum atomic E-state index is 12.2. The Bertz CT molecular complexity index is 617. The number of benzene rings is 1. The number of ether oxygens (including phenoxy) is 2. The molecular formula is C20H31N3O4. The Morgan fingerprint density at radius 2 is 1.63 bits per heavy atom. The van der Waals surface area contributed by atoms with Crippen molar-refractivity contribution in [3.8, 4) is 5.75 Å². The van der Waals surface area contributed by atoms with Crippen molar-refractivity contribution in [2.24, 2.45) is 0 Å². The number of hydrogen-bond acceptors (Lipinski definition) is 4. The fraction of sp³-hybridized carbons (Fsp3) is 0.600. The van der Waals surface area contributed by atoms with E-state index in [9.17, 15) is 9.59 Å². The summed E-state index contributed by atoms with van der Waals surface area (Å²) in [5.41, 5.74) is 0.688. The van der Waals surface area contributed by atoms with Crippen molar-refractivity contribution in [3.05, 3.63) is 29.8 Å². The number of carbonyl (C=O) groups is 2. The van der Waals surface area contributed by atoms with Gasteiger partial charge in [-0.15, -0.1) is 0 Å². The minimum atomic E-state index is -0.508. The van der Waals surface area contributed by atoms with Crippen molar-refractivity contribution in [1.82, 2.24) is 15.1 Å². The van der Waals surface area contributed by atoms with E-state index in [1.807, 2.05) is 52.0 Å². The molecule has 0 bridgehead atoms. The molecule has 3 amide bonds. The molecule has 1 saturated heterocycles. The molecule has 0 aromatic heterocycles. The summed E-state index contributed by atoms with van der Waals surface area (Å²) in [5, 5.41) is 2.90. The van der Waals surface area contributed by atoms with Crippen LogP contribution in [0.15, 0.2) is 24.3 Å². The molecule has 0 saturated carbocycles.